The van der Waals surface area contributed by atoms with Crippen molar-refractivity contribution in [2.45, 2.75) is 0 Å². The van der Waals surface area contributed by atoms with E-state index in [0.29, 0.717) is 0 Å². The van der Waals surface area contributed by atoms with E-state index in [0.717, 1.165) is 134 Å². The molecule has 696 valence electrons. The van der Waals surface area contributed by atoms with Gasteiger partial charge in [0.05, 0.1) is 50.7 Å². The molecule has 0 spiro atoms. The maximum atomic E-state index is 5.40. The molecule has 7 aromatic heterocycles. The molecule has 0 unspecified atom stereocenters. The van der Waals surface area contributed by atoms with Gasteiger partial charge in [-0.1, -0.05) is 370 Å². The van der Waals surface area contributed by atoms with Gasteiger partial charge in [-0.15, -0.1) is 0 Å². The average Bonchev–Trinajstić information content (AvgIpc) is 0.743. The molecule has 0 N–H and O–H groups in total. The number of rotatable bonds is 12. The lowest BCUT2D eigenvalue weighted by atomic mass is 9.90. The van der Waals surface area contributed by atoms with E-state index in [4.69, 9.17) is 19.9 Å². The molecular weight excluding hydrogens is 1820 g/mol. The second-order valence-corrected chi connectivity index (χ2v) is 38.8. The standard InChI is InChI=1S/2C48H30N2.C47H29N3/c1-3-16-36-32(12-1)27-42(40-20-7-5-18-38(36)40)34-23-24-47-45(29-34)43(31-14-11-15-35(26-31)46-22-9-10-25-49-46)30-48(50-47)44-28-33-13-2-4-17-37(33)39-19-6-8-21-41(39)44;1-3-11-37-34(9-1)27-43(41-15-7-5-13-39(37)41)36-21-22-47-46(29-36)44(33-19-17-31(18-20-33)32-23-25-49-26-24-32)30-48(50-47)45-28-35-10-2-4-12-38(35)40-14-6-8-16-42(40)45;1-3-13-34-30(11-1)25-40(38-17-7-5-15-36(34)38)32-20-22-44-43(27-32)41(33-21-23-46(49-29-33)45-19-9-10-24-48-45)28-47(50-44)42-26-31-12-2-4-14-35(31)37-16-6-8-18-39(37)42/h2*1-30H;1-29H. The maximum absolute atomic E-state index is 5.40. The van der Waals surface area contributed by atoms with E-state index >= 15 is 0 Å². The van der Waals surface area contributed by atoms with E-state index < -0.39 is 0 Å². The fourth-order valence-corrected chi connectivity index (χ4v) is 23.0. The highest BCUT2D eigenvalue weighted by Gasteiger charge is 2.24. The third-order valence-corrected chi connectivity index (χ3v) is 30.1. The van der Waals surface area contributed by atoms with Crippen molar-refractivity contribution in [1.29, 1.82) is 0 Å². The Morgan fingerprint density at radius 3 is 0.707 bits per heavy atom. The average molecular weight is 1910 g/mol. The van der Waals surface area contributed by atoms with E-state index in [-0.39, 0.29) is 0 Å². The van der Waals surface area contributed by atoms with Crippen molar-refractivity contribution in [2.24, 2.45) is 0 Å². The van der Waals surface area contributed by atoms with Crippen molar-refractivity contribution in [2.75, 3.05) is 0 Å². The van der Waals surface area contributed by atoms with E-state index in [2.05, 4.69) is 494 Å². The van der Waals surface area contributed by atoms with Crippen molar-refractivity contribution < 1.29 is 0 Å². The van der Waals surface area contributed by atoms with Crippen molar-refractivity contribution >= 4 is 162 Å². The summed E-state index contributed by atoms with van der Waals surface area (Å²) in [6, 6.07) is 183. The van der Waals surface area contributed by atoms with E-state index in [9.17, 15) is 0 Å². The number of benzene rings is 23. The van der Waals surface area contributed by atoms with Gasteiger partial charge in [0.1, 0.15) is 0 Å². The molecule has 0 amide bonds. The smallest absolute Gasteiger partial charge is 0.0886 e. The first-order valence-electron chi connectivity index (χ1n) is 51.1. The van der Waals surface area contributed by atoms with Gasteiger partial charge < -0.3 is 0 Å². The lowest BCUT2D eigenvalue weighted by molar-refractivity contribution is 1.25. The molecule has 7 heterocycles. The number of pyridine rings is 7. The van der Waals surface area contributed by atoms with Gasteiger partial charge >= 0.3 is 0 Å². The van der Waals surface area contributed by atoms with Crippen molar-refractivity contribution in [3.8, 4) is 134 Å². The second kappa shape index (κ2) is 37.3. The molecule has 7 nitrogen and oxygen atoms in total. The van der Waals surface area contributed by atoms with Crippen LogP contribution in [0.25, 0.3) is 296 Å². The number of hydrogen-bond donors (Lipinski definition) is 0. The molecule has 150 heavy (non-hydrogen) atoms. The highest BCUT2D eigenvalue weighted by atomic mass is 14.8. The van der Waals surface area contributed by atoms with Crippen LogP contribution in [0.1, 0.15) is 0 Å². The molecule has 0 saturated carbocycles. The first-order valence-corrected chi connectivity index (χ1v) is 51.1. The zero-order valence-corrected chi connectivity index (χ0v) is 81.5. The summed E-state index contributed by atoms with van der Waals surface area (Å²) in [5.41, 5.74) is 29.1. The van der Waals surface area contributed by atoms with Gasteiger partial charge in [-0.05, 0) is 341 Å². The lowest BCUT2D eigenvalue weighted by Gasteiger charge is -2.16. The first-order chi connectivity index (χ1) is 74.3. The summed E-state index contributed by atoms with van der Waals surface area (Å²) >= 11 is 0. The maximum Gasteiger partial charge on any atom is 0.0886 e. The second-order valence-electron chi connectivity index (χ2n) is 38.8. The fraction of sp³-hybridized carbons (Fsp3) is 0. The minimum atomic E-state index is 0.844. The minimum absolute atomic E-state index is 0.844. The fourth-order valence-electron chi connectivity index (χ4n) is 23.0. The SMILES string of the molecule is c1ccc(-c2ccc(-c3cc(-c4cc5ccccc5c5ccccc45)nc4ccc(-c5cc6ccccc6c6ccccc56)cc34)cn2)nc1.c1ccc(-c2cccc(-c3cc(-c4cc5ccccc5c5ccccc45)nc4ccc(-c5cc6ccccc6c6ccccc56)cc34)c2)nc1.c1ccc2c(c1)cc(-c1ccc3nc(-c4cc5ccccc5c5ccccc45)cc(-c4ccc(-c5ccncc5)cc4)c3c1)c1ccccc12. The summed E-state index contributed by atoms with van der Waals surface area (Å²) < 4.78 is 0. The Morgan fingerprint density at radius 1 is 0.113 bits per heavy atom. The van der Waals surface area contributed by atoms with Crippen LogP contribution in [0.5, 0.6) is 0 Å². The molecule has 0 radical (unpaired) electrons. The third-order valence-electron chi connectivity index (χ3n) is 30.1. The summed E-state index contributed by atoms with van der Waals surface area (Å²) in [4.78, 5) is 34.5. The molecule has 0 atom stereocenters. The molecular formula is C143H89N7. The van der Waals surface area contributed by atoms with Gasteiger partial charge in [0.2, 0.25) is 0 Å². The summed E-state index contributed by atoms with van der Waals surface area (Å²) in [7, 11) is 0. The molecule has 30 rings (SSSR count). The molecule has 30 aromatic rings. The van der Waals surface area contributed by atoms with Crippen LogP contribution in [0.15, 0.2) is 541 Å². The Kier molecular flexibility index (Phi) is 21.8. The van der Waals surface area contributed by atoms with Gasteiger partial charge in [0, 0.05) is 75.0 Å². The zero-order chi connectivity index (χ0) is 99.1. The van der Waals surface area contributed by atoms with Crippen molar-refractivity contribution in [1.82, 2.24) is 34.9 Å². The van der Waals surface area contributed by atoms with Gasteiger partial charge in [-0.3, -0.25) is 19.9 Å². The number of fused-ring (bicyclic) bond motifs is 21. The quantitative estimate of drug-likeness (QED) is 0.113. The Morgan fingerprint density at radius 2 is 0.367 bits per heavy atom. The minimum Gasteiger partial charge on any atom is -0.265 e. The van der Waals surface area contributed by atoms with Gasteiger partial charge in [0.25, 0.3) is 0 Å². The van der Waals surface area contributed by atoms with Crippen LogP contribution in [0.2, 0.25) is 0 Å². The normalized spacial score (nSPS) is 11.6. The number of nitrogens with zero attached hydrogens (tertiary/aromatic N) is 7. The van der Waals surface area contributed by atoms with E-state index in [1.165, 1.54) is 163 Å². The first kappa shape index (κ1) is 87.8. The van der Waals surface area contributed by atoms with Gasteiger partial charge in [-0.25, -0.2) is 15.0 Å². The predicted octanol–water partition coefficient (Wildman–Crippen LogP) is 38.1. The third kappa shape index (κ3) is 15.8. The van der Waals surface area contributed by atoms with Crippen LogP contribution in [0, 0.1) is 0 Å². The molecule has 0 aliphatic rings. The van der Waals surface area contributed by atoms with Crippen LogP contribution in [-0.4, -0.2) is 34.9 Å². The van der Waals surface area contributed by atoms with Crippen LogP contribution in [-0.2, 0) is 0 Å². The Hall–Kier alpha value is -20.0. The lowest BCUT2D eigenvalue weighted by Crippen LogP contribution is -1.94. The number of hydrogen-bond acceptors (Lipinski definition) is 7. The highest BCUT2D eigenvalue weighted by molar-refractivity contribution is 6.22. The predicted molar refractivity (Wildman–Crippen MR) is 632 cm³/mol. The van der Waals surface area contributed by atoms with Gasteiger partial charge in [0.15, 0.2) is 0 Å². The van der Waals surface area contributed by atoms with Crippen LogP contribution >= 0.6 is 0 Å². The Labute approximate surface area is 865 Å². The molecule has 0 bridgehead atoms. The summed E-state index contributed by atoms with van der Waals surface area (Å²) in [6.07, 6.45) is 9.32. The van der Waals surface area contributed by atoms with Crippen molar-refractivity contribution in [3.05, 3.63) is 541 Å². The molecule has 7 heteroatoms. The summed E-state index contributed by atoms with van der Waals surface area (Å²) in [5, 5.41) is 33.0. The van der Waals surface area contributed by atoms with Crippen molar-refractivity contribution in [3.63, 3.8) is 0 Å². The molecule has 0 aliphatic heterocycles. The Balaban J connectivity index is 0.000000108. The summed E-state index contributed by atoms with van der Waals surface area (Å²) in [6.45, 7) is 0. The largest absolute Gasteiger partial charge is 0.265 e. The molecule has 0 fully saturated rings. The topological polar surface area (TPSA) is 90.2 Å². The van der Waals surface area contributed by atoms with E-state index in [1.807, 2.05) is 55.1 Å². The van der Waals surface area contributed by atoms with E-state index in [1.54, 1.807) is 6.20 Å². The summed E-state index contributed by atoms with van der Waals surface area (Å²) in [5.74, 6) is 0. The number of aromatic nitrogens is 7. The van der Waals surface area contributed by atoms with Gasteiger partial charge in [-0.2, -0.15) is 0 Å². The highest BCUT2D eigenvalue weighted by Crippen LogP contribution is 2.49. The monoisotopic (exact) mass is 1900 g/mol. The van der Waals surface area contributed by atoms with Crippen LogP contribution in [0.4, 0.5) is 0 Å². The zero-order valence-electron chi connectivity index (χ0n) is 81.5. The molecule has 0 aliphatic carbocycles. The Bertz CT molecular complexity index is 10300. The van der Waals surface area contributed by atoms with Crippen LogP contribution < -0.4 is 0 Å². The van der Waals surface area contributed by atoms with Crippen LogP contribution in [0.3, 0.4) is 0 Å². The molecule has 0 saturated heterocycles. The molecule has 23 aromatic carbocycles.